The highest BCUT2D eigenvalue weighted by Crippen LogP contribution is 2.36. The minimum atomic E-state index is -3.53. The highest BCUT2D eigenvalue weighted by Gasteiger charge is 2.31. The molecule has 0 bridgehead atoms. The topological polar surface area (TPSA) is 75.7 Å². The molecule has 1 heterocycles. The van der Waals surface area contributed by atoms with Crippen LogP contribution >= 0.6 is 11.6 Å². The summed E-state index contributed by atoms with van der Waals surface area (Å²) in [6.07, 6.45) is 0.518. The molecule has 1 aliphatic heterocycles. The zero-order valence-corrected chi connectivity index (χ0v) is 16.0. The predicted molar refractivity (Wildman–Crippen MR) is 102 cm³/mol. The number of amides is 1. The number of nitrogens with one attached hydrogen (secondary N) is 1. The van der Waals surface area contributed by atoms with E-state index in [1.807, 2.05) is 25.1 Å². The van der Waals surface area contributed by atoms with Crippen LogP contribution in [0.25, 0.3) is 0 Å². The predicted octanol–water partition coefficient (Wildman–Crippen LogP) is 3.20. The molecule has 1 unspecified atom stereocenters. The summed E-state index contributed by atoms with van der Waals surface area (Å²) in [4.78, 5) is 12.7. The van der Waals surface area contributed by atoms with Crippen molar-refractivity contribution in [2.45, 2.75) is 19.4 Å². The lowest BCUT2D eigenvalue weighted by molar-refractivity contribution is -0.122. The smallest absolute Gasteiger partial charge is 0.265 e. The van der Waals surface area contributed by atoms with Gasteiger partial charge in [0, 0.05) is 23.7 Å². The van der Waals surface area contributed by atoms with Crippen molar-refractivity contribution in [3.63, 3.8) is 0 Å². The quantitative estimate of drug-likeness (QED) is 0.867. The highest BCUT2D eigenvalue weighted by atomic mass is 35.5. The van der Waals surface area contributed by atoms with E-state index >= 15 is 0 Å². The number of sulfonamides is 1. The monoisotopic (exact) mass is 394 g/mol. The molecule has 1 atom stereocenters. The average molecular weight is 395 g/mol. The Labute approximate surface area is 157 Å². The van der Waals surface area contributed by atoms with E-state index in [9.17, 15) is 13.2 Å². The summed E-state index contributed by atoms with van der Waals surface area (Å²) < 4.78 is 31.4. The van der Waals surface area contributed by atoms with E-state index < -0.39 is 16.1 Å². The van der Waals surface area contributed by atoms with Crippen LogP contribution in [0.1, 0.15) is 12.0 Å². The average Bonchev–Trinajstić information content (AvgIpc) is 2.76. The molecule has 138 valence electrons. The molecule has 0 spiro atoms. The second-order valence-electron chi connectivity index (χ2n) is 6.15. The molecule has 1 N–H and O–H groups in total. The van der Waals surface area contributed by atoms with Crippen molar-refractivity contribution in [3.8, 4) is 5.75 Å². The third-order valence-corrected chi connectivity index (χ3v) is 5.56. The van der Waals surface area contributed by atoms with Gasteiger partial charge < -0.3 is 10.1 Å². The Balaban J connectivity index is 1.89. The number of hydrogen-bond acceptors (Lipinski definition) is 4. The summed E-state index contributed by atoms with van der Waals surface area (Å²) in [7, 11) is -3.53. The molecule has 0 aromatic heterocycles. The fourth-order valence-corrected chi connectivity index (χ4v) is 3.91. The molecule has 0 fully saturated rings. The second-order valence-corrected chi connectivity index (χ2v) is 8.49. The Bertz CT molecular complexity index is 946. The zero-order chi connectivity index (χ0) is 18.9. The van der Waals surface area contributed by atoms with Gasteiger partial charge in [0.25, 0.3) is 5.91 Å². The van der Waals surface area contributed by atoms with E-state index in [-0.39, 0.29) is 18.9 Å². The number of carbonyl (C=O) groups is 1. The fourth-order valence-electron chi connectivity index (χ4n) is 2.81. The lowest BCUT2D eigenvalue weighted by Crippen LogP contribution is -2.36. The van der Waals surface area contributed by atoms with Crippen molar-refractivity contribution in [1.29, 1.82) is 0 Å². The summed E-state index contributed by atoms with van der Waals surface area (Å²) in [5.74, 6) is -0.0159. The number of nitrogens with zero attached hydrogens (tertiary/aromatic N) is 1. The molecule has 6 nitrogen and oxygen atoms in total. The zero-order valence-electron chi connectivity index (χ0n) is 14.4. The number of benzene rings is 2. The molecule has 2 aromatic carbocycles. The summed E-state index contributed by atoms with van der Waals surface area (Å²) >= 11 is 6.01. The number of anilines is 2. The van der Waals surface area contributed by atoms with Gasteiger partial charge in [0.15, 0.2) is 6.10 Å². The maximum absolute atomic E-state index is 12.7. The Morgan fingerprint density at radius 1 is 1.27 bits per heavy atom. The van der Waals surface area contributed by atoms with Crippen LogP contribution in [0, 0.1) is 6.92 Å². The lowest BCUT2D eigenvalue weighted by Gasteiger charge is -2.21. The van der Waals surface area contributed by atoms with Crippen LogP contribution in [-0.4, -0.2) is 33.2 Å². The van der Waals surface area contributed by atoms with Gasteiger partial charge in [-0.05, 0) is 36.8 Å². The molecule has 1 amide bonds. The number of para-hydroxylation sites is 1. The van der Waals surface area contributed by atoms with Gasteiger partial charge in [0.05, 0.1) is 11.9 Å². The molecule has 8 heteroatoms. The van der Waals surface area contributed by atoms with Crippen molar-refractivity contribution >= 4 is 38.9 Å². The number of aryl methyl sites for hydroxylation is 1. The van der Waals surface area contributed by atoms with Gasteiger partial charge in [-0.3, -0.25) is 9.10 Å². The SMILES string of the molecule is Cc1ccccc1NC(=O)C1CCN(S(C)(=O)=O)c2cc(Cl)ccc2O1. The Kier molecular flexibility index (Phi) is 5.11. The first-order valence-electron chi connectivity index (χ1n) is 8.06. The summed E-state index contributed by atoms with van der Waals surface area (Å²) in [5, 5.41) is 3.24. The van der Waals surface area contributed by atoms with Crippen LogP contribution in [0.4, 0.5) is 11.4 Å². The van der Waals surface area contributed by atoms with Crippen LogP contribution in [-0.2, 0) is 14.8 Å². The van der Waals surface area contributed by atoms with Crippen LogP contribution in [0.3, 0.4) is 0 Å². The van der Waals surface area contributed by atoms with Gasteiger partial charge in [-0.25, -0.2) is 8.42 Å². The largest absolute Gasteiger partial charge is 0.478 e. The van der Waals surface area contributed by atoms with E-state index in [1.54, 1.807) is 18.2 Å². The van der Waals surface area contributed by atoms with E-state index in [2.05, 4.69) is 5.32 Å². The van der Waals surface area contributed by atoms with Gasteiger partial charge in [0.1, 0.15) is 5.75 Å². The van der Waals surface area contributed by atoms with E-state index in [1.165, 1.54) is 10.4 Å². The second kappa shape index (κ2) is 7.17. The van der Waals surface area contributed by atoms with Gasteiger partial charge in [0.2, 0.25) is 10.0 Å². The molecule has 0 radical (unpaired) electrons. The minimum absolute atomic E-state index is 0.123. The van der Waals surface area contributed by atoms with E-state index in [0.29, 0.717) is 22.1 Å². The normalized spacial score (nSPS) is 17.0. The molecule has 26 heavy (non-hydrogen) atoms. The van der Waals surface area contributed by atoms with Crippen molar-refractivity contribution in [3.05, 3.63) is 53.1 Å². The summed E-state index contributed by atoms with van der Waals surface area (Å²) in [6, 6.07) is 12.1. The van der Waals surface area contributed by atoms with Gasteiger partial charge in [-0.15, -0.1) is 0 Å². The molecule has 3 rings (SSSR count). The van der Waals surface area contributed by atoms with Crippen LogP contribution in [0.5, 0.6) is 5.75 Å². The van der Waals surface area contributed by atoms with Crippen LogP contribution in [0.15, 0.2) is 42.5 Å². The molecular formula is C18H19ClN2O4S. The van der Waals surface area contributed by atoms with Crippen molar-refractivity contribution < 1.29 is 17.9 Å². The first kappa shape index (κ1) is 18.5. The fraction of sp³-hybridized carbons (Fsp3) is 0.278. The van der Waals surface area contributed by atoms with Gasteiger partial charge >= 0.3 is 0 Å². The standard InChI is InChI=1S/C18H19ClN2O4S/c1-12-5-3-4-6-14(12)20-18(22)17-9-10-21(26(2,23)24)15-11-13(19)7-8-16(15)25-17/h3-8,11,17H,9-10H2,1-2H3,(H,20,22). The number of carbonyl (C=O) groups excluding carboxylic acids is 1. The van der Waals surface area contributed by atoms with Crippen molar-refractivity contribution in [1.82, 2.24) is 0 Å². The molecule has 0 saturated carbocycles. The number of hydrogen-bond donors (Lipinski definition) is 1. The number of halogens is 1. The Morgan fingerprint density at radius 2 is 2.00 bits per heavy atom. The first-order chi connectivity index (χ1) is 12.3. The van der Waals surface area contributed by atoms with Crippen molar-refractivity contribution in [2.75, 3.05) is 22.4 Å². The number of rotatable bonds is 3. The number of ether oxygens (including phenoxy) is 1. The maximum atomic E-state index is 12.7. The molecule has 1 aliphatic rings. The third-order valence-electron chi connectivity index (χ3n) is 4.15. The third kappa shape index (κ3) is 3.94. The summed E-state index contributed by atoms with van der Waals surface area (Å²) in [5.41, 5.74) is 1.97. The highest BCUT2D eigenvalue weighted by molar-refractivity contribution is 7.92. The van der Waals surface area contributed by atoms with Crippen molar-refractivity contribution in [2.24, 2.45) is 0 Å². The lowest BCUT2D eigenvalue weighted by atomic mass is 10.2. The van der Waals surface area contributed by atoms with E-state index in [0.717, 1.165) is 11.8 Å². The van der Waals surface area contributed by atoms with E-state index in [4.69, 9.17) is 16.3 Å². The van der Waals surface area contributed by atoms with Crippen LogP contribution < -0.4 is 14.4 Å². The molecular weight excluding hydrogens is 376 g/mol. The molecule has 2 aromatic rings. The van der Waals surface area contributed by atoms with Gasteiger partial charge in [-0.1, -0.05) is 29.8 Å². The Morgan fingerprint density at radius 3 is 2.69 bits per heavy atom. The molecule has 0 saturated heterocycles. The van der Waals surface area contributed by atoms with Gasteiger partial charge in [-0.2, -0.15) is 0 Å². The summed E-state index contributed by atoms with van der Waals surface area (Å²) in [6.45, 7) is 2.02. The maximum Gasteiger partial charge on any atom is 0.265 e. The Hall–Kier alpha value is -2.25. The molecule has 0 aliphatic carbocycles. The first-order valence-corrected chi connectivity index (χ1v) is 10.3. The minimum Gasteiger partial charge on any atom is -0.478 e. The van der Waals surface area contributed by atoms with Crippen LogP contribution in [0.2, 0.25) is 5.02 Å². The number of fused-ring (bicyclic) bond motifs is 1.